The SMILES string of the molecule is CN=C(NC)c1ccc(C(c2ccc(C(=NC)NC)cc2)(C(F)(F)F)C(F)(F)F)cc1. The number of amidine groups is 2. The summed E-state index contributed by atoms with van der Waals surface area (Å²) in [5.74, 6) is 0.665. The lowest BCUT2D eigenvalue weighted by Crippen LogP contribution is -2.54. The first kappa shape index (κ1) is 24.2. The number of halogens is 6. The van der Waals surface area contributed by atoms with Gasteiger partial charge >= 0.3 is 12.4 Å². The molecule has 0 aromatic heterocycles. The third-order valence-corrected chi connectivity index (χ3v) is 4.95. The number of nitrogens with zero attached hydrogens (tertiary/aromatic N) is 2. The fourth-order valence-electron chi connectivity index (χ4n) is 3.51. The van der Waals surface area contributed by atoms with E-state index in [9.17, 15) is 26.3 Å². The maximum Gasteiger partial charge on any atom is 0.411 e. The number of hydrogen-bond donors (Lipinski definition) is 2. The lowest BCUT2D eigenvalue weighted by Gasteiger charge is -2.38. The fraction of sp³-hybridized carbons (Fsp3) is 0.333. The molecule has 0 saturated carbocycles. The number of nitrogens with one attached hydrogen (secondary N) is 2. The van der Waals surface area contributed by atoms with E-state index in [1.165, 1.54) is 38.4 Å². The summed E-state index contributed by atoms with van der Waals surface area (Å²) in [7, 11) is 6.01. The summed E-state index contributed by atoms with van der Waals surface area (Å²) in [6.45, 7) is 0. The number of aliphatic imine (C=N–C) groups is 2. The van der Waals surface area contributed by atoms with Crippen LogP contribution in [0.5, 0.6) is 0 Å². The van der Waals surface area contributed by atoms with Gasteiger partial charge in [0.25, 0.3) is 0 Å². The van der Waals surface area contributed by atoms with Crippen molar-refractivity contribution < 1.29 is 26.3 Å². The molecule has 0 saturated heterocycles. The van der Waals surface area contributed by atoms with Crippen molar-refractivity contribution in [1.29, 1.82) is 0 Å². The van der Waals surface area contributed by atoms with Crippen LogP contribution >= 0.6 is 0 Å². The molecule has 0 aliphatic carbocycles. The average Bonchev–Trinajstić information content (AvgIpc) is 2.70. The third-order valence-electron chi connectivity index (χ3n) is 4.95. The van der Waals surface area contributed by atoms with Gasteiger partial charge < -0.3 is 10.6 Å². The van der Waals surface area contributed by atoms with Gasteiger partial charge in [0.2, 0.25) is 5.41 Å². The molecule has 0 unspecified atom stereocenters. The van der Waals surface area contributed by atoms with Crippen LogP contribution in [0.2, 0.25) is 0 Å². The summed E-state index contributed by atoms with van der Waals surface area (Å²) in [6, 6.07) is 8.04. The topological polar surface area (TPSA) is 48.8 Å². The zero-order chi connectivity index (χ0) is 23.4. The van der Waals surface area contributed by atoms with E-state index in [2.05, 4.69) is 20.6 Å². The van der Waals surface area contributed by atoms with Crippen LogP contribution in [0, 0.1) is 0 Å². The van der Waals surface area contributed by atoms with Crippen molar-refractivity contribution in [2.45, 2.75) is 17.8 Å². The van der Waals surface area contributed by atoms with Crippen LogP contribution in [0.15, 0.2) is 58.5 Å². The van der Waals surface area contributed by atoms with E-state index < -0.39 is 28.9 Å². The third kappa shape index (κ3) is 4.24. The zero-order valence-corrected chi connectivity index (χ0v) is 17.3. The number of hydrogen-bond acceptors (Lipinski definition) is 2. The number of rotatable bonds is 4. The standard InChI is InChI=1S/C21H22F6N4/c1-28-17(29-2)13-5-9-15(10-6-13)19(20(22,23)24,21(25,26)27)16-11-7-14(8-12-16)18(30-3)31-4/h5-12H,1-4H3,(H,28,29)(H,30,31). The van der Waals surface area contributed by atoms with E-state index >= 15 is 0 Å². The molecule has 0 amide bonds. The maximum absolute atomic E-state index is 14.2. The molecule has 31 heavy (non-hydrogen) atoms. The second-order valence-corrected chi connectivity index (χ2v) is 6.54. The van der Waals surface area contributed by atoms with Crippen molar-refractivity contribution in [1.82, 2.24) is 10.6 Å². The molecule has 0 atom stereocenters. The lowest BCUT2D eigenvalue weighted by atomic mass is 9.72. The van der Waals surface area contributed by atoms with Crippen molar-refractivity contribution >= 4 is 11.7 Å². The minimum Gasteiger partial charge on any atom is -0.373 e. The Balaban J connectivity index is 2.77. The molecule has 0 fully saturated rings. The molecule has 2 aromatic carbocycles. The van der Waals surface area contributed by atoms with Gasteiger partial charge in [-0.1, -0.05) is 48.5 Å². The molecular weight excluding hydrogens is 422 g/mol. The van der Waals surface area contributed by atoms with Crippen molar-refractivity contribution in [3.63, 3.8) is 0 Å². The Morgan fingerprint density at radius 1 is 0.613 bits per heavy atom. The van der Waals surface area contributed by atoms with Gasteiger partial charge in [0.15, 0.2) is 0 Å². The van der Waals surface area contributed by atoms with Crippen molar-refractivity contribution in [3.05, 3.63) is 70.8 Å². The van der Waals surface area contributed by atoms with Crippen LogP contribution in [0.1, 0.15) is 22.3 Å². The van der Waals surface area contributed by atoms with Crippen LogP contribution in [0.3, 0.4) is 0 Å². The van der Waals surface area contributed by atoms with Crippen molar-refractivity contribution in [2.24, 2.45) is 9.98 Å². The first-order chi connectivity index (χ1) is 14.5. The molecule has 4 nitrogen and oxygen atoms in total. The fourth-order valence-corrected chi connectivity index (χ4v) is 3.51. The molecule has 168 valence electrons. The maximum atomic E-state index is 14.2. The van der Waals surface area contributed by atoms with Crippen molar-refractivity contribution in [2.75, 3.05) is 28.2 Å². The molecule has 0 bridgehead atoms. The molecule has 10 heteroatoms. The molecule has 0 spiro atoms. The second-order valence-electron chi connectivity index (χ2n) is 6.54. The van der Waals surface area contributed by atoms with Crippen LogP contribution in [-0.4, -0.2) is 52.2 Å². The van der Waals surface area contributed by atoms with E-state index in [-0.39, 0.29) is 0 Å². The van der Waals surface area contributed by atoms with Gasteiger partial charge in [-0.05, 0) is 11.1 Å². The Hall–Kier alpha value is -3.04. The molecule has 0 aliphatic heterocycles. The minimum absolute atomic E-state index is 0.332. The van der Waals surface area contributed by atoms with Gasteiger partial charge in [-0.2, -0.15) is 26.3 Å². The van der Waals surface area contributed by atoms with Crippen LogP contribution in [0.25, 0.3) is 0 Å². The minimum atomic E-state index is -5.65. The highest BCUT2D eigenvalue weighted by atomic mass is 19.4. The van der Waals surface area contributed by atoms with Gasteiger partial charge in [-0.3, -0.25) is 9.98 Å². The average molecular weight is 444 g/mol. The molecule has 2 rings (SSSR count). The van der Waals surface area contributed by atoms with E-state index in [0.29, 0.717) is 22.8 Å². The van der Waals surface area contributed by atoms with Gasteiger partial charge in [0.05, 0.1) is 0 Å². The van der Waals surface area contributed by atoms with Crippen LogP contribution < -0.4 is 10.6 Å². The molecular formula is C21H22F6N4. The van der Waals surface area contributed by atoms with Gasteiger partial charge in [0.1, 0.15) is 11.7 Å². The number of benzene rings is 2. The quantitative estimate of drug-likeness (QED) is 0.420. The highest BCUT2D eigenvalue weighted by Gasteiger charge is 2.72. The second kappa shape index (κ2) is 8.99. The van der Waals surface area contributed by atoms with Crippen molar-refractivity contribution in [3.8, 4) is 0 Å². The number of alkyl halides is 6. The highest BCUT2D eigenvalue weighted by Crippen LogP contribution is 2.56. The van der Waals surface area contributed by atoms with E-state index in [1.54, 1.807) is 14.1 Å². The predicted octanol–water partition coefficient (Wildman–Crippen LogP) is 4.29. The Bertz CT molecular complexity index is 862. The highest BCUT2D eigenvalue weighted by molar-refractivity contribution is 5.99. The van der Waals surface area contributed by atoms with Gasteiger partial charge in [-0.15, -0.1) is 0 Å². The van der Waals surface area contributed by atoms with E-state index in [4.69, 9.17) is 0 Å². The summed E-state index contributed by atoms with van der Waals surface area (Å²) in [4.78, 5) is 7.82. The van der Waals surface area contributed by atoms with Gasteiger partial charge in [-0.25, -0.2) is 0 Å². The van der Waals surface area contributed by atoms with Gasteiger partial charge in [0, 0.05) is 39.3 Å². The molecule has 2 N–H and O–H groups in total. The van der Waals surface area contributed by atoms with Crippen LogP contribution in [0.4, 0.5) is 26.3 Å². The Labute approximate surface area is 176 Å². The lowest BCUT2D eigenvalue weighted by molar-refractivity contribution is -0.288. The molecule has 0 heterocycles. The molecule has 2 aromatic rings. The monoisotopic (exact) mass is 444 g/mol. The molecule has 0 aliphatic rings. The zero-order valence-electron chi connectivity index (χ0n) is 17.3. The summed E-state index contributed by atoms with van der Waals surface area (Å²) < 4.78 is 85.4. The molecule has 0 radical (unpaired) electrons. The normalized spacial score (nSPS) is 13.9. The first-order valence-electron chi connectivity index (χ1n) is 9.12. The Kier molecular flexibility index (Phi) is 7.03. The van der Waals surface area contributed by atoms with E-state index in [1.807, 2.05) is 0 Å². The predicted molar refractivity (Wildman–Crippen MR) is 109 cm³/mol. The summed E-state index contributed by atoms with van der Waals surface area (Å²) in [6.07, 6.45) is -11.3. The van der Waals surface area contributed by atoms with E-state index in [0.717, 1.165) is 24.3 Å². The Morgan fingerprint density at radius 3 is 1.10 bits per heavy atom. The smallest absolute Gasteiger partial charge is 0.373 e. The Morgan fingerprint density at radius 2 is 0.903 bits per heavy atom. The summed E-state index contributed by atoms with van der Waals surface area (Å²) in [5.41, 5.74) is -5.36. The summed E-state index contributed by atoms with van der Waals surface area (Å²) >= 11 is 0. The first-order valence-corrected chi connectivity index (χ1v) is 9.12. The largest absolute Gasteiger partial charge is 0.411 e. The van der Waals surface area contributed by atoms with Crippen LogP contribution in [-0.2, 0) is 5.41 Å². The summed E-state index contributed by atoms with van der Waals surface area (Å²) in [5, 5.41) is 5.47.